The lowest BCUT2D eigenvalue weighted by Gasteiger charge is -2.10. The van der Waals surface area contributed by atoms with E-state index >= 15 is 0 Å². The van der Waals surface area contributed by atoms with Gasteiger partial charge in [-0.1, -0.05) is 18.2 Å². The summed E-state index contributed by atoms with van der Waals surface area (Å²) in [6, 6.07) is 17.8. The summed E-state index contributed by atoms with van der Waals surface area (Å²) >= 11 is 0. The lowest BCUT2D eigenvalue weighted by Crippen LogP contribution is -2.12. The predicted octanol–water partition coefficient (Wildman–Crippen LogP) is 4.14. The molecule has 0 aliphatic carbocycles. The molecule has 3 aromatic rings. The van der Waals surface area contributed by atoms with Crippen LogP contribution in [0.25, 0.3) is 0 Å². The Balaban J connectivity index is 1.70. The highest BCUT2D eigenvalue weighted by molar-refractivity contribution is 6.04. The van der Waals surface area contributed by atoms with E-state index in [0.717, 1.165) is 0 Å². The van der Waals surface area contributed by atoms with Gasteiger partial charge in [-0.05, 0) is 18.2 Å². The third-order valence-corrected chi connectivity index (χ3v) is 3.57. The fourth-order valence-corrected chi connectivity index (χ4v) is 2.27. The minimum absolute atomic E-state index is 0.293. The number of aromatic nitrogens is 1. The summed E-state index contributed by atoms with van der Waals surface area (Å²) in [6.07, 6.45) is 1.46. The summed E-state index contributed by atoms with van der Waals surface area (Å²) in [4.78, 5) is 16.6. The first-order valence-electron chi connectivity index (χ1n) is 7.91. The van der Waals surface area contributed by atoms with E-state index in [-0.39, 0.29) is 5.91 Å². The van der Waals surface area contributed by atoms with E-state index < -0.39 is 0 Å². The van der Waals surface area contributed by atoms with Crippen molar-refractivity contribution in [3.8, 4) is 23.1 Å². The summed E-state index contributed by atoms with van der Waals surface area (Å²) in [7, 11) is 3.10. The van der Waals surface area contributed by atoms with Crippen molar-refractivity contribution in [1.82, 2.24) is 4.98 Å². The molecule has 0 unspecified atom stereocenters. The molecule has 0 bridgehead atoms. The molecule has 1 aromatic heterocycles. The van der Waals surface area contributed by atoms with Crippen molar-refractivity contribution in [3.05, 3.63) is 72.4 Å². The first-order chi connectivity index (χ1) is 12.7. The molecule has 0 saturated heterocycles. The standard InChI is InChI=1S/C20H18N2O4/c1-24-17-10-15(11-18(12-17)25-2)22-20(23)14-8-9-19(21-13-14)26-16-6-4-3-5-7-16/h3-13H,1-2H3,(H,22,23). The van der Waals surface area contributed by atoms with E-state index in [0.29, 0.717) is 34.4 Å². The molecular formula is C20H18N2O4. The van der Waals surface area contributed by atoms with Gasteiger partial charge >= 0.3 is 0 Å². The molecule has 0 aliphatic heterocycles. The summed E-state index contributed by atoms with van der Waals surface area (Å²) in [5.41, 5.74) is 0.975. The molecule has 1 heterocycles. The number of rotatable bonds is 6. The smallest absolute Gasteiger partial charge is 0.257 e. The van der Waals surface area contributed by atoms with Crippen molar-refractivity contribution in [3.63, 3.8) is 0 Å². The summed E-state index contributed by atoms with van der Waals surface area (Å²) in [6.45, 7) is 0. The Kier molecular flexibility index (Phi) is 5.34. The van der Waals surface area contributed by atoms with Crippen LogP contribution in [0, 0.1) is 0 Å². The average molecular weight is 350 g/mol. The number of methoxy groups -OCH3 is 2. The Morgan fingerprint density at radius 2 is 1.58 bits per heavy atom. The van der Waals surface area contributed by atoms with Crippen LogP contribution >= 0.6 is 0 Å². The number of pyridine rings is 1. The van der Waals surface area contributed by atoms with Crippen molar-refractivity contribution in [2.75, 3.05) is 19.5 Å². The number of anilines is 1. The minimum atomic E-state index is -0.293. The lowest BCUT2D eigenvalue weighted by atomic mass is 10.2. The first-order valence-corrected chi connectivity index (χ1v) is 7.91. The highest BCUT2D eigenvalue weighted by Crippen LogP contribution is 2.26. The Morgan fingerprint density at radius 1 is 0.885 bits per heavy atom. The third kappa shape index (κ3) is 4.30. The van der Waals surface area contributed by atoms with Gasteiger partial charge in [-0.15, -0.1) is 0 Å². The predicted molar refractivity (Wildman–Crippen MR) is 98.3 cm³/mol. The molecule has 26 heavy (non-hydrogen) atoms. The number of carbonyl (C=O) groups excluding carboxylic acids is 1. The van der Waals surface area contributed by atoms with Crippen LogP contribution in [0.3, 0.4) is 0 Å². The van der Waals surface area contributed by atoms with Crippen LogP contribution in [-0.2, 0) is 0 Å². The summed E-state index contributed by atoms with van der Waals surface area (Å²) in [5.74, 6) is 1.98. The number of hydrogen-bond donors (Lipinski definition) is 1. The van der Waals surface area contributed by atoms with E-state index in [4.69, 9.17) is 14.2 Å². The lowest BCUT2D eigenvalue weighted by molar-refractivity contribution is 0.102. The topological polar surface area (TPSA) is 69.7 Å². The quantitative estimate of drug-likeness (QED) is 0.723. The Labute approximate surface area is 151 Å². The SMILES string of the molecule is COc1cc(NC(=O)c2ccc(Oc3ccccc3)nc2)cc(OC)c1. The Hall–Kier alpha value is -3.54. The maximum atomic E-state index is 12.4. The van der Waals surface area contributed by atoms with Crippen molar-refractivity contribution < 1.29 is 19.0 Å². The van der Waals surface area contributed by atoms with E-state index in [1.54, 1.807) is 44.6 Å². The molecule has 0 saturated carbocycles. The molecular weight excluding hydrogens is 332 g/mol. The largest absolute Gasteiger partial charge is 0.497 e. The number of carbonyl (C=O) groups is 1. The van der Waals surface area contributed by atoms with Crippen LogP contribution < -0.4 is 19.5 Å². The van der Waals surface area contributed by atoms with Crippen LogP contribution in [-0.4, -0.2) is 25.1 Å². The molecule has 0 spiro atoms. The van der Waals surface area contributed by atoms with Crippen molar-refractivity contribution in [1.29, 1.82) is 0 Å². The zero-order chi connectivity index (χ0) is 18.4. The van der Waals surface area contributed by atoms with Gasteiger partial charge in [0.1, 0.15) is 17.2 Å². The molecule has 0 radical (unpaired) electrons. The zero-order valence-electron chi connectivity index (χ0n) is 14.4. The highest BCUT2D eigenvalue weighted by atomic mass is 16.5. The number of nitrogens with one attached hydrogen (secondary N) is 1. The van der Waals surface area contributed by atoms with E-state index in [1.165, 1.54) is 6.20 Å². The molecule has 2 aromatic carbocycles. The molecule has 6 heteroatoms. The van der Waals surface area contributed by atoms with Gasteiger partial charge in [0, 0.05) is 36.1 Å². The van der Waals surface area contributed by atoms with Gasteiger partial charge < -0.3 is 19.5 Å². The monoisotopic (exact) mass is 350 g/mol. The molecule has 0 aliphatic rings. The molecule has 6 nitrogen and oxygen atoms in total. The maximum absolute atomic E-state index is 12.4. The second-order valence-electron chi connectivity index (χ2n) is 5.36. The zero-order valence-corrected chi connectivity index (χ0v) is 14.4. The molecule has 1 amide bonds. The van der Waals surface area contributed by atoms with Crippen LogP contribution in [0.2, 0.25) is 0 Å². The highest BCUT2D eigenvalue weighted by Gasteiger charge is 2.10. The molecule has 0 atom stereocenters. The molecule has 3 rings (SSSR count). The van der Waals surface area contributed by atoms with E-state index in [2.05, 4.69) is 10.3 Å². The first kappa shape index (κ1) is 17.3. The number of amides is 1. The van der Waals surface area contributed by atoms with Gasteiger partial charge in [0.15, 0.2) is 0 Å². The minimum Gasteiger partial charge on any atom is -0.497 e. The van der Waals surface area contributed by atoms with E-state index in [9.17, 15) is 4.79 Å². The fourth-order valence-electron chi connectivity index (χ4n) is 2.27. The second kappa shape index (κ2) is 8.02. The molecule has 0 fully saturated rings. The number of hydrogen-bond acceptors (Lipinski definition) is 5. The van der Waals surface area contributed by atoms with Gasteiger partial charge in [-0.25, -0.2) is 4.98 Å². The van der Waals surface area contributed by atoms with Gasteiger partial charge in [0.25, 0.3) is 5.91 Å². The fraction of sp³-hybridized carbons (Fsp3) is 0.100. The second-order valence-corrected chi connectivity index (χ2v) is 5.36. The van der Waals surface area contributed by atoms with Gasteiger partial charge in [-0.2, -0.15) is 0 Å². The van der Waals surface area contributed by atoms with Crippen LogP contribution in [0.15, 0.2) is 66.9 Å². The average Bonchev–Trinajstić information content (AvgIpc) is 2.69. The Morgan fingerprint density at radius 3 is 2.15 bits per heavy atom. The van der Waals surface area contributed by atoms with Crippen molar-refractivity contribution >= 4 is 11.6 Å². The van der Waals surface area contributed by atoms with Crippen molar-refractivity contribution in [2.24, 2.45) is 0 Å². The van der Waals surface area contributed by atoms with E-state index in [1.807, 2.05) is 30.3 Å². The number of ether oxygens (including phenoxy) is 3. The Bertz CT molecular complexity index is 858. The normalized spacial score (nSPS) is 10.1. The van der Waals surface area contributed by atoms with Crippen molar-refractivity contribution in [2.45, 2.75) is 0 Å². The van der Waals surface area contributed by atoms with Gasteiger partial charge in [-0.3, -0.25) is 4.79 Å². The summed E-state index contributed by atoms with van der Waals surface area (Å²) in [5, 5.41) is 2.80. The molecule has 1 N–H and O–H groups in total. The van der Waals surface area contributed by atoms with Crippen LogP contribution in [0.4, 0.5) is 5.69 Å². The number of para-hydroxylation sites is 1. The van der Waals surface area contributed by atoms with Crippen LogP contribution in [0.1, 0.15) is 10.4 Å². The number of benzene rings is 2. The third-order valence-electron chi connectivity index (χ3n) is 3.57. The van der Waals surface area contributed by atoms with Gasteiger partial charge in [0.2, 0.25) is 5.88 Å². The number of nitrogens with zero attached hydrogens (tertiary/aromatic N) is 1. The van der Waals surface area contributed by atoms with Crippen LogP contribution in [0.5, 0.6) is 23.1 Å². The molecule has 132 valence electrons. The maximum Gasteiger partial charge on any atom is 0.257 e. The van der Waals surface area contributed by atoms with Gasteiger partial charge in [0.05, 0.1) is 19.8 Å². The summed E-state index contributed by atoms with van der Waals surface area (Å²) < 4.78 is 16.0.